The van der Waals surface area contributed by atoms with E-state index in [0.29, 0.717) is 6.42 Å². The summed E-state index contributed by atoms with van der Waals surface area (Å²) >= 11 is 0. The number of carbonyl (C=O) groups is 1. The number of benzene rings is 1. The fourth-order valence-corrected chi connectivity index (χ4v) is 1.92. The number of nitrogens with one attached hydrogen (secondary N) is 1. The zero-order valence-electron chi connectivity index (χ0n) is 10.9. The van der Waals surface area contributed by atoms with E-state index in [1.165, 1.54) is 0 Å². The number of fused-ring (bicyclic) bond motifs is 1. The Hall–Kier alpha value is -1.71. The maximum atomic E-state index is 11.7. The van der Waals surface area contributed by atoms with Crippen molar-refractivity contribution in [1.29, 1.82) is 0 Å². The van der Waals surface area contributed by atoms with Crippen LogP contribution in [0.3, 0.4) is 0 Å². The second-order valence-electron chi connectivity index (χ2n) is 4.51. The molecule has 4 heteroatoms. The summed E-state index contributed by atoms with van der Waals surface area (Å²) in [5, 5.41) is 2.99. The fraction of sp³-hybridized carbons (Fsp3) is 0.500. The molecule has 1 atom stereocenters. The second kappa shape index (κ2) is 5.76. The normalized spacial score (nSPS) is 14.3. The summed E-state index contributed by atoms with van der Waals surface area (Å²) in [6.07, 6.45) is 2.55. The average molecular weight is 249 g/mol. The summed E-state index contributed by atoms with van der Waals surface area (Å²) in [6, 6.07) is 5.75. The molecule has 1 aliphatic rings. The van der Waals surface area contributed by atoms with E-state index < -0.39 is 0 Å². The minimum Gasteiger partial charge on any atom is -0.454 e. The lowest BCUT2D eigenvalue weighted by Crippen LogP contribution is -2.26. The van der Waals surface area contributed by atoms with Gasteiger partial charge in [0, 0.05) is 6.42 Å². The summed E-state index contributed by atoms with van der Waals surface area (Å²) in [5.41, 5.74) is 1.03. The van der Waals surface area contributed by atoms with Crippen LogP contribution in [0.4, 0.5) is 0 Å². The van der Waals surface area contributed by atoms with Crippen molar-refractivity contribution in [2.24, 2.45) is 0 Å². The van der Waals surface area contributed by atoms with Gasteiger partial charge in [-0.05, 0) is 31.0 Å². The summed E-state index contributed by atoms with van der Waals surface area (Å²) in [7, 11) is 0. The van der Waals surface area contributed by atoms with Gasteiger partial charge in [0.1, 0.15) is 0 Å². The summed E-state index contributed by atoms with van der Waals surface area (Å²) in [6.45, 7) is 4.33. The van der Waals surface area contributed by atoms with Gasteiger partial charge in [0.2, 0.25) is 12.7 Å². The Morgan fingerprint density at radius 1 is 1.39 bits per heavy atom. The number of rotatable bonds is 5. The Kier molecular flexibility index (Phi) is 4.07. The quantitative estimate of drug-likeness (QED) is 0.872. The molecule has 0 aliphatic carbocycles. The third kappa shape index (κ3) is 2.94. The Morgan fingerprint density at radius 2 is 2.17 bits per heavy atom. The third-order valence-electron chi connectivity index (χ3n) is 3.03. The van der Waals surface area contributed by atoms with E-state index >= 15 is 0 Å². The van der Waals surface area contributed by atoms with Crippen LogP contribution in [0.15, 0.2) is 18.2 Å². The van der Waals surface area contributed by atoms with Crippen molar-refractivity contribution >= 4 is 5.91 Å². The molecule has 2 rings (SSSR count). The van der Waals surface area contributed by atoms with Crippen molar-refractivity contribution in [1.82, 2.24) is 5.32 Å². The van der Waals surface area contributed by atoms with Crippen LogP contribution in [0, 0.1) is 0 Å². The second-order valence-corrected chi connectivity index (χ2v) is 4.51. The highest BCUT2D eigenvalue weighted by molar-refractivity contribution is 5.76. The summed E-state index contributed by atoms with van der Waals surface area (Å²) in [5.74, 6) is 1.62. The maximum absolute atomic E-state index is 11.7. The van der Waals surface area contributed by atoms with E-state index in [9.17, 15) is 4.79 Å². The monoisotopic (exact) mass is 249 g/mol. The van der Waals surface area contributed by atoms with Crippen LogP contribution >= 0.6 is 0 Å². The molecule has 1 aromatic carbocycles. The molecule has 1 N–H and O–H groups in total. The maximum Gasteiger partial charge on any atom is 0.231 e. The Morgan fingerprint density at radius 3 is 2.94 bits per heavy atom. The smallest absolute Gasteiger partial charge is 0.231 e. The van der Waals surface area contributed by atoms with Crippen LogP contribution < -0.4 is 14.8 Å². The molecule has 1 heterocycles. The molecule has 4 nitrogen and oxygen atoms in total. The van der Waals surface area contributed by atoms with Crippen LogP contribution in [0.5, 0.6) is 11.5 Å². The van der Waals surface area contributed by atoms with E-state index in [4.69, 9.17) is 9.47 Å². The van der Waals surface area contributed by atoms with Crippen LogP contribution in [-0.2, 0) is 4.79 Å². The molecule has 1 unspecified atom stereocenters. The molecular weight excluding hydrogens is 230 g/mol. The molecule has 18 heavy (non-hydrogen) atoms. The van der Waals surface area contributed by atoms with Crippen molar-refractivity contribution in [3.63, 3.8) is 0 Å². The number of amides is 1. The molecule has 1 aromatic rings. The minimum absolute atomic E-state index is 0.0103. The van der Waals surface area contributed by atoms with E-state index in [0.717, 1.165) is 29.9 Å². The molecule has 1 aliphatic heterocycles. The first kappa shape index (κ1) is 12.7. The first-order valence-corrected chi connectivity index (χ1v) is 6.39. The van der Waals surface area contributed by atoms with Gasteiger partial charge in [-0.3, -0.25) is 4.79 Å². The van der Waals surface area contributed by atoms with Gasteiger partial charge < -0.3 is 14.8 Å². The van der Waals surface area contributed by atoms with Gasteiger partial charge in [0.05, 0.1) is 6.04 Å². The van der Waals surface area contributed by atoms with Crippen molar-refractivity contribution in [2.75, 3.05) is 6.79 Å². The lowest BCUT2D eigenvalue weighted by Gasteiger charge is -2.14. The minimum atomic E-state index is -0.0103. The number of hydrogen-bond acceptors (Lipinski definition) is 3. The van der Waals surface area contributed by atoms with Gasteiger partial charge in [0.25, 0.3) is 0 Å². The highest BCUT2D eigenvalue weighted by Crippen LogP contribution is 2.34. The third-order valence-corrected chi connectivity index (χ3v) is 3.03. The molecule has 0 radical (unpaired) electrons. The van der Waals surface area contributed by atoms with Crippen LogP contribution in [-0.4, -0.2) is 12.7 Å². The van der Waals surface area contributed by atoms with Crippen molar-refractivity contribution in [2.45, 2.75) is 39.2 Å². The number of carbonyl (C=O) groups excluding carboxylic acids is 1. The highest BCUT2D eigenvalue weighted by Gasteiger charge is 2.16. The largest absolute Gasteiger partial charge is 0.454 e. The zero-order valence-corrected chi connectivity index (χ0v) is 10.9. The van der Waals surface area contributed by atoms with Crippen LogP contribution in [0.2, 0.25) is 0 Å². The molecule has 98 valence electrons. The molecule has 0 aromatic heterocycles. The molecule has 0 saturated heterocycles. The Labute approximate surface area is 107 Å². The molecule has 0 bridgehead atoms. The van der Waals surface area contributed by atoms with Crippen molar-refractivity contribution in [3.05, 3.63) is 23.8 Å². The Balaban J connectivity index is 1.96. The number of ether oxygens (including phenoxy) is 2. The zero-order chi connectivity index (χ0) is 13.0. The number of unbranched alkanes of at least 4 members (excludes halogenated alkanes) is 1. The molecular formula is C14H19NO3. The standard InChI is InChI=1S/C14H19NO3/c1-3-4-5-14(16)15-10(2)11-6-7-12-13(8-11)18-9-17-12/h6-8,10H,3-5,9H2,1-2H3,(H,15,16). The van der Waals surface area contributed by atoms with Gasteiger partial charge in [-0.2, -0.15) is 0 Å². The van der Waals surface area contributed by atoms with Crippen LogP contribution in [0.1, 0.15) is 44.7 Å². The van der Waals surface area contributed by atoms with Crippen molar-refractivity contribution in [3.8, 4) is 11.5 Å². The van der Waals surface area contributed by atoms with E-state index in [2.05, 4.69) is 12.2 Å². The van der Waals surface area contributed by atoms with E-state index in [-0.39, 0.29) is 18.7 Å². The molecule has 0 saturated carbocycles. The van der Waals surface area contributed by atoms with Crippen molar-refractivity contribution < 1.29 is 14.3 Å². The van der Waals surface area contributed by atoms with E-state index in [1.807, 2.05) is 25.1 Å². The predicted molar refractivity (Wildman–Crippen MR) is 68.6 cm³/mol. The van der Waals surface area contributed by atoms with Gasteiger partial charge in [-0.25, -0.2) is 0 Å². The summed E-state index contributed by atoms with van der Waals surface area (Å²) in [4.78, 5) is 11.7. The SMILES string of the molecule is CCCCC(=O)NC(C)c1ccc2c(c1)OCO2. The number of hydrogen-bond donors (Lipinski definition) is 1. The molecule has 0 spiro atoms. The van der Waals surface area contributed by atoms with E-state index in [1.54, 1.807) is 0 Å². The highest BCUT2D eigenvalue weighted by atomic mass is 16.7. The van der Waals surface area contributed by atoms with Gasteiger partial charge >= 0.3 is 0 Å². The molecule has 1 amide bonds. The average Bonchev–Trinajstić information content (AvgIpc) is 2.83. The molecule has 0 fully saturated rings. The van der Waals surface area contributed by atoms with Gasteiger partial charge in [-0.15, -0.1) is 0 Å². The van der Waals surface area contributed by atoms with Gasteiger partial charge in [-0.1, -0.05) is 19.4 Å². The lowest BCUT2D eigenvalue weighted by atomic mass is 10.1. The predicted octanol–water partition coefficient (Wildman–Crippen LogP) is 2.78. The summed E-state index contributed by atoms with van der Waals surface area (Å²) < 4.78 is 10.6. The first-order valence-electron chi connectivity index (χ1n) is 6.39. The fourth-order valence-electron chi connectivity index (χ4n) is 1.92. The lowest BCUT2D eigenvalue weighted by molar-refractivity contribution is -0.121. The van der Waals surface area contributed by atoms with Gasteiger partial charge in [0.15, 0.2) is 11.5 Å². The first-order chi connectivity index (χ1) is 8.70. The topological polar surface area (TPSA) is 47.6 Å². The Bertz CT molecular complexity index is 431. The van der Waals surface area contributed by atoms with Crippen LogP contribution in [0.25, 0.3) is 0 Å².